The van der Waals surface area contributed by atoms with Gasteiger partial charge < -0.3 is 19.2 Å². The second-order valence-electron chi connectivity index (χ2n) is 7.58. The van der Waals surface area contributed by atoms with E-state index in [4.69, 9.17) is 14.2 Å². The lowest BCUT2D eigenvalue weighted by atomic mass is 9.98. The summed E-state index contributed by atoms with van der Waals surface area (Å²) in [6, 6.07) is 4.75. The Kier molecular flexibility index (Phi) is 5.02. The van der Waals surface area contributed by atoms with Crippen molar-refractivity contribution in [3.63, 3.8) is 0 Å². The molecule has 0 unspecified atom stereocenters. The number of methoxy groups -OCH3 is 3. The molecule has 2 aliphatic heterocycles. The maximum Gasteiger partial charge on any atom is 0.254 e. The first-order valence-corrected chi connectivity index (χ1v) is 9.67. The van der Waals surface area contributed by atoms with Crippen molar-refractivity contribution in [1.82, 2.24) is 14.9 Å². The molecular weight excluding hydrogens is 358 g/mol. The van der Waals surface area contributed by atoms with E-state index in [9.17, 15) is 4.79 Å². The van der Waals surface area contributed by atoms with Gasteiger partial charge in [0, 0.05) is 30.6 Å². The number of benzene rings is 1. The summed E-state index contributed by atoms with van der Waals surface area (Å²) < 4.78 is 16.4. The molecule has 28 heavy (non-hydrogen) atoms. The number of fused-ring (bicyclic) bond motifs is 3. The van der Waals surface area contributed by atoms with Crippen LogP contribution >= 0.6 is 0 Å². The number of hydrogen-bond donors (Lipinski definition) is 1. The molecule has 4 rings (SSSR count). The standard InChI is InChI=1S/C21H27N3O4/c1-12-22-17-10-15-6-5-14(9-16(17)21(25)23-12)24(15)11-13-7-18(26-2)20(28-4)19(8-13)27-3/h7-8,14-15H,5-6,9-11H2,1-4H3,(H,22,23,25)/t14-,15-/m1/s1. The Morgan fingerprint density at radius 3 is 2.32 bits per heavy atom. The van der Waals surface area contributed by atoms with Crippen LogP contribution in [-0.4, -0.2) is 48.3 Å². The van der Waals surface area contributed by atoms with Gasteiger partial charge in [-0.3, -0.25) is 9.69 Å². The zero-order valence-electron chi connectivity index (χ0n) is 16.9. The summed E-state index contributed by atoms with van der Waals surface area (Å²) >= 11 is 0. The van der Waals surface area contributed by atoms with Crippen LogP contribution < -0.4 is 19.8 Å². The number of aryl methyl sites for hydroxylation is 1. The molecule has 0 aliphatic carbocycles. The second kappa shape index (κ2) is 7.47. The van der Waals surface area contributed by atoms with E-state index in [2.05, 4.69) is 14.9 Å². The van der Waals surface area contributed by atoms with Gasteiger partial charge in [-0.2, -0.15) is 0 Å². The van der Waals surface area contributed by atoms with E-state index in [1.54, 1.807) is 21.3 Å². The Bertz CT molecular complexity index is 915. The minimum Gasteiger partial charge on any atom is -0.493 e. The number of H-pyrrole nitrogens is 1. The highest BCUT2D eigenvalue weighted by Gasteiger charge is 2.38. The van der Waals surface area contributed by atoms with Crippen molar-refractivity contribution in [2.45, 2.75) is 51.2 Å². The van der Waals surface area contributed by atoms with E-state index in [0.29, 0.717) is 35.2 Å². The zero-order chi connectivity index (χ0) is 19.8. The van der Waals surface area contributed by atoms with Gasteiger partial charge in [0.25, 0.3) is 5.56 Å². The molecule has 0 radical (unpaired) electrons. The van der Waals surface area contributed by atoms with E-state index in [1.165, 1.54) is 0 Å². The Hall–Kier alpha value is -2.54. The van der Waals surface area contributed by atoms with Crippen LogP contribution in [0.4, 0.5) is 0 Å². The first-order valence-electron chi connectivity index (χ1n) is 9.67. The average Bonchev–Trinajstić information content (AvgIpc) is 2.95. The monoisotopic (exact) mass is 385 g/mol. The molecule has 1 N–H and O–H groups in total. The fourth-order valence-electron chi connectivity index (χ4n) is 4.66. The first kappa shape index (κ1) is 18.8. The van der Waals surface area contributed by atoms with Crippen molar-refractivity contribution in [3.05, 3.63) is 45.1 Å². The van der Waals surface area contributed by atoms with Crippen LogP contribution in [0.5, 0.6) is 17.2 Å². The maximum absolute atomic E-state index is 12.5. The lowest BCUT2D eigenvalue weighted by Gasteiger charge is -2.28. The van der Waals surface area contributed by atoms with Crippen molar-refractivity contribution in [3.8, 4) is 17.2 Å². The number of aromatic amines is 1. The Morgan fingerprint density at radius 1 is 1.07 bits per heavy atom. The van der Waals surface area contributed by atoms with Gasteiger partial charge in [0.05, 0.1) is 27.0 Å². The molecule has 7 heteroatoms. The number of aromatic nitrogens is 2. The van der Waals surface area contributed by atoms with Gasteiger partial charge in [0.2, 0.25) is 5.75 Å². The molecular formula is C21H27N3O4. The summed E-state index contributed by atoms with van der Waals surface area (Å²) in [5.74, 6) is 2.62. The van der Waals surface area contributed by atoms with Crippen molar-refractivity contribution >= 4 is 0 Å². The molecule has 2 bridgehead atoms. The topological polar surface area (TPSA) is 76.7 Å². The SMILES string of the molecule is COc1cc(CN2[C@@H]3CC[C@@H]2Cc2c(nc(C)[nH]c2=O)C3)cc(OC)c1OC. The molecule has 2 atom stereocenters. The summed E-state index contributed by atoms with van der Waals surface area (Å²) in [5.41, 5.74) is 2.94. The number of nitrogens with zero attached hydrogens (tertiary/aromatic N) is 2. The smallest absolute Gasteiger partial charge is 0.254 e. The predicted molar refractivity (Wildman–Crippen MR) is 105 cm³/mol. The third kappa shape index (κ3) is 3.24. The second-order valence-corrected chi connectivity index (χ2v) is 7.58. The van der Waals surface area contributed by atoms with Crippen molar-refractivity contribution in [1.29, 1.82) is 0 Å². The quantitative estimate of drug-likeness (QED) is 0.851. The van der Waals surface area contributed by atoms with Crippen LogP contribution in [0, 0.1) is 6.92 Å². The predicted octanol–water partition coefficient (Wildman–Crippen LogP) is 2.24. The Balaban J connectivity index is 1.65. The molecule has 7 nitrogen and oxygen atoms in total. The van der Waals surface area contributed by atoms with Crippen LogP contribution in [0.3, 0.4) is 0 Å². The number of rotatable bonds is 5. The fraction of sp³-hybridized carbons (Fsp3) is 0.524. The third-order valence-electron chi connectivity index (χ3n) is 5.95. The lowest BCUT2D eigenvalue weighted by molar-refractivity contribution is 0.187. The summed E-state index contributed by atoms with van der Waals surface area (Å²) in [6.45, 7) is 2.62. The van der Waals surface area contributed by atoms with E-state index < -0.39 is 0 Å². The number of hydrogen-bond acceptors (Lipinski definition) is 6. The van der Waals surface area contributed by atoms with Crippen molar-refractivity contribution < 1.29 is 14.2 Å². The normalized spacial score (nSPS) is 21.1. The zero-order valence-corrected chi connectivity index (χ0v) is 16.9. The fourth-order valence-corrected chi connectivity index (χ4v) is 4.66. The van der Waals surface area contributed by atoms with Crippen LogP contribution in [0.1, 0.15) is 35.5 Å². The van der Waals surface area contributed by atoms with Crippen LogP contribution in [-0.2, 0) is 19.4 Å². The van der Waals surface area contributed by atoms with Gasteiger partial charge in [-0.05, 0) is 43.9 Å². The average molecular weight is 385 g/mol. The van der Waals surface area contributed by atoms with E-state index in [0.717, 1.165) is 49.0 Å². The van der Waals surface area contributed by atoms with E-state index in [1.807, 2.05) is 19.1 Å². The molecule has 0 saturated carbocycles. The van der Waals surface area contributed by atoms with Crippen molar-refractivity contribution in [2.75, 3.05) is 21.3 Å². The molecule has 150 valence electrons. The third-order valence-corrected chi connectivity index (χ3v) is 5.95. The largest absolute Gasteiger partial charge is 0.493 e. The van der Waals surface area contributed by atoms with Gasteiger partial charge in [-0.15, -0.1) is 0 Å². The highest BCUT2D eigenvalue weighted by atomic mass is 16.5. The molecule has 3 heterocycles. The molecule has 1 saturated heterocycles. The van der Waals surface area contributed by atoms with Gasteiger partial charge in [-0.1, -0.05) is 0 Å². The van der Waals surface area contributed by atoms with Crippen LogP contribution in [0.2, 0.25) is 0 Å². The molecule has 0 amide bonds. The minimum absolute atomic E-state index is 0.0165. The number of ether oxygens (including phenoxy) is 3. The lowest BCUT2D eigenvalue weighted by Crippen LogP contribution is -2.36. The molecule has 1 fully saturated rings. The maximum atomic E-state index is 12.5. The molecule has 1 aromatic heterocycles. The molecule has 2 aromatic rings. The highest BCUT2D eigenvalue weighted by molar-refractivity contribution is 5.53. The van der Waals surface area contributed by atoms with Crippen molar-refractivity contribution in [2.24, 2.45) is 0 Å². The summed E-state index contributed by atoms with van der Waals surface area (Å²) in [4.78, 5) is 22.5. The molecule has 0 spiro atoms. The van der Waals surface area contributed by atoms with Gasteiger partial charge in [0.1, 0.15) is 5.82 Å². The first-order chi connectivity index (χ1) is 13.5. The Morgan fingerprint density at radius 2 is 1.71 bits per heavy atom. The molecule has 2 aliphatic rings. The summed E-state index contributed by atoms with van der Waals surface area (Å²) in [7, 11) is 4.88. The van der Waals surface area contributed by atoms with Gasteiger partial charge in [0.15, 0.2) is 11.5 Å². The van der Waals surface area contributed by atoms with Gasteiger partial charge >= 0.3 is 0 Å². The van der Waals surface area contributed by atoms with E-state index >= 15 is 0 Å². The van der Waals surface area contributed by atoms with Crippen LogP contribution in [0.25, 0.3) is 0 Å². The van der Waals surface area contributed by atoms with E-state index in [-0.39, 0.29) is 5.56 Å². The van der Waals surface area contributed by atoms with Gasteiger partial charge in [-0.25, -0.2) is 4.98 Å². The van der Waals surface area contributed by atoms with Crippen LogP contribution in [0.15, 0.2) is 16.9 Å². The minimum atomic E-state index is 0.0165. The summed E-state index contributed by atoms with van der Waals surface area (Å²) in [5, 5.41) is 0. The number of nitrogens with one attached hydrogen (secondary N) is 1. The molecule has 1 aromatic carbocycles. The summed E-state index contributed by atoms with van der Waals surface area (Å²) in [6.07, 6.45) is 3.80. The Labute approximate surface area is 164 Å². The highest BCUT2D eigenvalue weighted by Crippen LogP contribution is 2.40.